The zero-order valence-electron chi connectivity index (χ0n) is 12.4. The molecule has 0 atom stereocenters. The molecule has 22 heavy (non-hydrogen) atoms. The summed E-state index contributed by atoms with van der Waals surface area (Å²) < 4.78 is 29.0. The first kappa shape index (κ1) is 16.5. The molecule has 3 nitrogen and oxygen atoms in total. The standard InChI is InChI=1S/C17H21F2NO2/c18-17(19)22-15-8-4-3-7-14(15)9-10-16(21)20-12-11-13-5-1-2-6-13/h3-4,7-10,13,17H,1-2,5-6,11-12H2,(H,20,21)/b10-9+. The van der Waals surface area contributed by atoms with Gasteiger partial charge in [0.2, 0.25) is 5.91 Å². The van der Waals surface area contributed by atoms with Gasteiger partial charge in [0.25, 0.3) is 0 Å². The number of hydrogen-bond acceptors (Lipinski definition) is 2. The number of nitrogens with one attached hydrogen (secondary N) is 1. The molecule has 5 heteroatoms. The maximum atomic E-state index is 12.3. The van der Waals surface area contributed by atoms with E-state index in [1.165, 1.54) is 43.9 Å². The monoisotopic (exact) mass is 309 g/mol. The second-order valence-corrected chi connectivity index (χ2v) is 5.48. The molecule has 1 fully saturated rings. The van der Waals surface area contributed by atoms with E-state index in [4.69, 9.17) is 0 Å². The summed E-state index contributed by atoms with van der Waals surface area (Å²) in [6.07, 6.45) is 8.93. The Hall–Kier alpha value is -1.91. The van der Waals surface area contributed by atoms with Gasteiger partial charge in [-0.25, -0.2) is 0 Å². The number of ether oxygens (including phenoxy) is 1. The van der Waals surface area contributed by atoms with Crippen LogP contribution in [0.2, 0.25) is 0 Å². The van der Waals surface area contributed by atoms with Crippen molar-refractivity contribution < 1.29 is 18.3 Å². The second-order valence-electron chi connectivity index (χ2n) is 5.48. The Morgan fingerprint density at radius 2 is 2.05 bits per heavy atom. The van der Waals surface area contributed by atoms with E-state index in [2.05, 4.69) is 10.1 Å². The van der Waals surface area contributed by atoms with Gasteiger partial charge in [-0.05, 0) is 24.5 Å². The summed E-state index contributed by atoms with van der Waals surface area (Å²) in [6.45, 7) is -2.22. The lowest BCUT2D eigenvalue weighted by molar-refractivity contribution is -0.116. The molecular formula is C17H21F2NO2. The molecule has 0 unspecified atom stereocenters. The van der Waals surface area contributed by atoms with Crippen LogP contribution in [-0.2, 0) is 4.79 Å². The summed E-state index contributed by atoms with van der Waals surface area (Å²) in [6, 6.07) is 6.39. The fraction of sp³-hybridized carbons (Fsp3) is 0.471. The normalized spacial score (nSPS) is 15.6. The Morgan fingerprint density at radius 3 is 2.77 bits per heavy atom. The topological polar surface area (TPSA) is 38.3 Å². The first-order valence-electron chi connectivity index (χ1n) is 7.65. The predicted molar refractivity (Wildman–Crippen MR) is 81.7 cm³/mol. The molecule has 1 amide bonds. The lowest BCUT2D eigenvalue weighted by Crippen LogP contribution is -2.23. The lowest BCUT2D eigenvalue weighted by atomic mass is 10.0. The molecule has 1 aliphatic carbocycles. The minimum atomic E-state index is -2.88. The molecule has 1 N–H and O–H groups in total. The lowest BCUT2D eigenvalue weighted by Gasteiger charge is -2.09. The van der Waals surface area contributed by atoms with Crippen LogP contribution in [0.15, 0.2) is 30.3 Å². The fourth-order valence-corrected chi connectivity index (χ4v) is 2.74. The van der Waals surface area contributed by atoms with Crippen molar-refractivity contribution in [3.63, 3.8) is 0 Å². The van der Waals surface area contributed by atoms with Crippen LogP contribution in [0.1, 0.15) is 37.7 Å². The molecule has 0 aliphatic heterocycles. The van der Waals surface area contributed by atoms with E-state index in [9.17, 15) is 13.6 Å². The van der Waals surface area contributed by atoms with E-state index < -0.39 is 6.61 Å². The third-order valence-corrected chi connectivity index (χ3v) is 3.88. The minimum absolute atomic E-state index is 0.0625. The SMILES string of the molecule is O=C(/C=C/c1ccccc1OC(F)F)NCCC1CCCC1. The highest BCUT2D eigenvalue weighted by Gasteiger charge is 2.14. The molecule has 0 saturated heterocycles. The second kappa shape index (κ2) is 8.51. The van der Waals surface area contributed by atoms with Gasteiger partial charge in [-0.15, -0.1) is 0 Å². The van der Waals surface area contributed by atoms with Crippen LogP contribution in [-0.4, -0.2) is 19.1 Å². The molecule has 2 rings (SSSR count). The molecule has 0 aromatic heterocycles. The first-order valence-corrected chi connectivity index (χ1v) is 7.65. The van der Waals surface area contributed by atoms with E-state index in [1.54, 1.807) is 18.2 Å². The van der Waals surface area contributed by atoms with Crippen LogP contribution in [0.25, 0.3) is 6.08 Å². The van der Waals surface area contributed by atoms with Crippen molar-refractivity contribution in [2.24, 2.45) is 5.92 Å². The van der Waals surface area contributed by atoms with Gasteiger partial charge in [-0.3, -0.25) is 4.79 Å². The van der Waals surface area contributed by atoms with Crippen LogP contribution >= 0.6 is 0 Å². The Labute approximate surface area is 129 Å². The quantitative estimate of drug-likeness (QED) is 0.773. The van der Waals surface area contributed by atoms with Gasteiger partial charge in [-0.2, -0.15) is 8.78 Å². The highest BCUT2D eigenvalue weighted by molar-refractivity contribution is 5.92. The summed E-state index contributed by atoms with van der Waals surface area (Å²) >= 11 is 0. The summed E-state index contributed by atoms with van der Waals surface area (Å²) in [7, 11) is 0. The molecular weight excluding hydrogens is 288 g/mol. The van der Waals surface area contributed by atoms with Crippen molar-refractivity contribution in [1.29, 1.82) is 0 Å². The van der Waals surface area contributed by atoms with Crippen LogP contribution in [0, 0.1) is 5.92 Å². The average molecular weight is 309 g/mol. The third kappa shape index (κ3) is 5.47. The van der Waals surface area contributed by atoms with Gasteiger partial charge in [0.15, 0.2) is 0 Å². The maximum absolute atomic E-state index is 12.3. The Balaban J connectivity index is 1.81. The Morgan fingerprint density at radius 1 is 1.32 bits per heavy atom. The molecule has 1 saturated carbocycles. The number of amides is 1. The van der Waals surface area contributed by atoms with Gasteiger partial charge >= 0.3 is 6.61 Å². The van der Waals surface area contributed by atoms with Gasteiger partial charge in [0.1, 0.15) is 5.75 Å². The molecule has 0 radical (unpaired) electrons. The van der Waals surface area contributed by atoms with Crippen molar-refractivity contribution in [2.75, 3.05) is 6.54 Å². The van der Waals surface area contributed by atoms with Crippen LogP contribution < -0.4 is 10.1 Å². The van der Waals surface area contributed by atoms with E-state index in [0.29, 0.717) is 12.1 Å². The average Bonchev–Trinajstić information content (AvgIpc) is 2.99. The number of carbonyl (C=O) groups excluding carboxylic acids is 1. The molecule has 120 valence electrons. The number of para-hydroxylation sites is 1. The van der Waals surface area contributed by atoms with E-state index >= 15 is 0 Å². The van der Waals surface area contributed by atoms with Crippen LogP contribution in [0.5, 0.6) is 5.75 Å². The van der Waals surface area contributed by atoms with Crippen molar-refractivity contribution >= 4 is 12.0 Å². The summed E-state index contributed by atoms with van der Waals surface area (Å²) in [4.78, 5) is 11.7. The van der Waals surface area contributed by atoms with Crippen molar-refractivity contribution in [2.45, 2.75) is 38.7 Å². The van der Waals surface area contributed by atoms with E-state index in [0.717, 1.165) is 12.3 Å². The maximum Gasteiger partial charge on any atom is 0.387 e. The largest absolute Gasteiger partial charge is 0.434 e. The number of carbonyl (C=O) groups is 1. The predicted octanol–water partition coefficient (Wildman–Crippen LogP) is 4.00. The molecule has 0 heterocycles. The molecule has 1 aromatic carbocycles. The molecule has 1 aromatic rings. The minimum Gasteiger partial charge on any atom is -0.434 e. The van der Waals surface area contributed by atoms with E-state index in [-0.39, 0.29) is 11.7 Å². The van der Waals surface area contributed by atoms with Gasteiger partial charge in [0, 0.05) is 18.2 Å². The number of hydrogen-bond donors (Lipinski definition) is 1. The van der Waals surface area contributed by atoms with Gasteiger partial charge in [-0.1, -0.05) is 43.9 Å². The zero-order chi connectivity index (χ0) is 15.8. The van der Waals surface area contributed by atoms with Gasteiger partial charge in [0.05, 0.1) is 0 Å². The highest BCUT2D eigenvalue weighted by atomic mass is 19.3. The number of halogens is 2. The van der Waals surface area contributed by atoms with Crippen LogP contribution in [0.4, 0.5) is 8.78 Å². The first-order chi connectivity index (χ1) is 10.6. The molecule has 0 bridgehead atoms. The Kier molecular flexibility index (Phi) is 6.37. The van der Waals surface area contributed by atoms with Crippen LogP contribution in [0.3, 0.4) is 0 Å². The summed E-state index contributed by atoms with van der Waals surface area (Å²) in [5, 5.41) is 2.83. The summed E-state index contributed by atoms with van der Waals surface area (Å²) in [5.41, 5.74) is 0.453. The zero-order valence-corrected chi connectivity index (χ0v) is 12.4. The number of rotatable bonds is 7. The van der Waals surface area contributed by atoms with Crippen molar-refractivity contribution in [1.82, 2.24) is 5.32 Å². The highest BCUT2D eigenvalue weighted by Crippen LogP contribution is 2.26. The van der Waals surface area contributed by atoms with E-state index in [1.807, 2.05) is 0 Å². The smallest absolute Gasteiger partial charge is 0.387 e. The van der Waals surface area contributed by atoms with Gasteiger partial charge < -0.3 is 10.1 Å². The Bertz CT molecular complexity index is 511. The molecule has 1 aliphatic rings. The van der Waals surface area contributed by atoms with Crippen molar-refractivity contribution in [3.05, 3.63) is 35.9 Å². The van der Waals surface area contributed by atoms with Crippen molar-refractivity contribution in [3.8, 4) is 5.75 Å². The fourth-order valence-electron chi connectivity index (χ4n) is 2.74. The number of benzene rings is 1. The molecule has 0 spiro atoms. The summed E-state index contributed by atoms with van der Waals surface area (Å²) in [5.74, 6) is 0.571. The third-order valence-electron chi connectivity index (χ3n) is 3.88. The number of alkyl halides is 2.